The van der Waals surface area contributed by atoms with Crippen LogP contribution >= 0.6 is 31.9 Å². The number of nitrogens with one attached hydrogen (secondary N) is 2. The number of rotatable bonds is 5. The van der Waals surface area contributed by atoms with Gasteiger partial charge in [-0.05, 0) is 50.5 Å². The normalized spacial score (nSPS) is 10.2. The van der Waals surface area contributed by atoms with E-state index in [4.69, 9.17) is 0 Å². The van der Waals surface area contributed by atoms with Gasteiger partial charge in [0.25, 0.3) is 0 Å². The van der Waals surface area contributed by atoms with Crippen LogP contribution in [0.1, 0.15) is 13.3 Å². The summed E-state index contributed by atoms with van der Waals surface area (Å²) in [5.41, 5.74) is 0.781. The summed E-state index contributed by atoms with van der Waals surface area (Å²) in [5, 5.41) is 5.97. The lowest BCUT2D eigenvalue weighted by atomic mass is 10.3. The van der Waals surface area contributed by atoms with E-state index in [1.54, 1.807) is 0 Å². The molecule has 0 bridgehead atoms. The Morgan fingerprint density at radius 2 is 1.94 bits per heavy atom. The van der Waals surface area contributed by atoms with Crippen molar-refractivity contribution in [1.29, 1.82) is 0 Å². The van der Waals surface area contributed by atoms with E-state index in [-0.39, 0.29) is 5.91 Å². The van der Waals surface area contributed by atoms with Crippen molar-refractivity contribution in [3.63, 3.8) is 0 Å². The lowest BCUT2D eigenvalue weighted by Crippen LogP contribution is -2.21. The summed E-state index contributed by atoms with van der Waals surface area (Å²) in [6.07, 6.45) is 0.474. The van der Waals surface area contributed by atoms with Gasteiger partial charge in [0.2, 0.25) is 5.91 Å². The maximum Gasteiger partial charge on any atom is 0.225 e. The zero-order valence-corrected chi connectivity index (χ0v) is 12.2. The molecular weight excluding hydrogens is 336 g/mol. The number of hydrogen-bond acceptors (Lipinski definition) is 2. The first-order valence-corrected chi connectivity index (χ1v) is 6.68. The standard InChI is InChI=1S/C11H14Br2N2O/c1-2-14-7-6-10(16)15-11-8(12)4-3-5-9(11)13/h3-5,14H,2,6-7H2,1H3,(H,15,16). The molecule has 0 heterocycles. The maximum absolute atomic E-state index is 11.6. The van der Waals surface area contributed by atoms with Crippen LogP contribution in [-0.2, 0) is 4.79 Å². The zero-order valence-electron chi connectivity index (χ0n) is 9.02. The van der Waals surface area contributed by atoms with Crippen LogP contribution in [0.15, 0.2) is 27.1 Å². The van der Waals surface area contributed by atoms with Crippen molar-refractivity contribution in [2.75, 3.05) is 18.4 Å². The molecule has 0 saturated heterocycles. The molecule has 88 valence electrons. The quantitative estimate of drug-likeness (QED) is 0.802. The Labute approximate surface area is 112 Å². The third-order valence-corrected chi connectivity index (χ3v) is 3.33. The van der Waals surface area contributed by atoms with Crippen LogP contribution in [-0.4, -0.2) is 19.0 Å². The highest BCUT2D eigenvalue weighted by atomic mass is 79.9. The Bertz CT molecular complexity index is 349. The van der Waals surface area contributed by atoms with Gasteiger partial charge < -0.3 is 10.6 Å². The average Bonchev–Trinajstić information content (AvgIpc) is 2.24. The van der Waals surface area contributed by atoms with Crippen LogP contribution in [0.5, 0.6) is 0 Å². The number of carbonyl (C=O) groups excluding carboxylic acids is 1. The topological polar surface area (TPSA) is 41.1 Å². The van der Waals surface area contributed by atoms with E-state index in [1.165, 1.54) is 0 Å². The molecule has 0 aliphatic carbocycles. The molecule has 1 rings (SSSR count). The van der Waals surface area contributed by atoms with Gasteiger partial charge in [0.1, 0.15) is 0 Å². The van der Waals surface area contributed by atoms with Gasteiger partial charge in [0.15, 0.2) is 0 Å². The maximum atomic E-state index is 11.6. The second-order valence-corrected chi connectivity index (χ2v) is 4.96. The van der Waals surface area contributed by atoms with Crippen molar-refractivity contribution in [2.24, 2.45) is 0 Å². The van der Waals surface area contributed by atoms with Gasteiger partial charge >= 0.3 is 0 Å². The SMILES string of the molecule is CCNCCC(=O)Nc1c(Br)cccc1Br. The summed E-state index contributed by atoms with van der Waals surface area (Å²) < 4.78 is 1.75. The Balaban J connectivity index is 2.56. The molecule has 16 heavy (non-hydrogen) atoms. The summed E-state index contributed by atoms with van der Waals surface area (Å²) in [6, 6.07) is 5.69. The molecule has 0 aliphatic rings. The van der Waals surface area contributed by atoms with Gasteiger partial charge in [-0.15, -0.1) is 0 Å². The van der Waals surface area contributed by atoms with E-state index in [1.807, 2.05) is 25.1 Å². The Kier molecular flexibility index (Phi) is 6.01. The molecule has 1 aromatic rings. The van der Waals surface area contributed by atoms with Crippen molar-refractivity contribution in [2.45, 2.75) is 13.3 Å². The summed E-state index contributed by atoms with van der Waals surface area (Å²) in [4.78, 5) is 11.6. The lowest BCUT2D eigenvalue weighted by Gasteiger charge is -2.09. The number of hydrogen-bond donors (Lipinski definition) is 2. The third-order valence-electron chi connectivity index (χ3n) is 2.01. The van der Waals surface area contributed by atoms with Gasteiger partial charge in [0.05, 0.1) is 5.69 Å². The second-order valence-electron chi connectivity index (χ2n) is 3.25. The molecule has 3 nitrogen and oxygen atoms in total. The van der Waals surface area contributed by atoms with Crippen molar-refractivity contribution in [3.8, 4) is 0 Å². The number of halogens is 2. The van der Waals surface area contributed by atoms with Crippen molar-refractivity contribution in [1.82, 2.24) is 5.32 Å². The number of benzene rings is 1. The molecule has 0 fully saturated rings. The van der Waals surface area contributed by atoms with E-state index >= 15 is 0 Å². The minimum atomic E-state index is 0.00792. The molecule has 0 saturated carbocycles. The fourth-order valence-electron chi connectivity index (χ4n) is 1.20. The van der Waals surface area contributed by atoms with Crippen LogP contribution in [0, 0.1) is 0 Å². The smallest absolute Gasteiger partial charge is 0.225 e. The fourth-order valence-corrected chi connectivity index (χ4v) is 2.39. The van der Waals surface area contributed by atoms with Gasteiger partial charge in [-0.2, -0.15) is 0 Å². The van der Waals surface area contributed by atoms with Crippen molar-refractivity contribution >= 4 is 43.5 Å². The van der Waals surface area contributed by atoms with E-state index in [0.29, 0.717) is 13.0 Å². The van der Waals surface area contributed by atoms with Gasteiger partial charge in [-0.1, -0.05) is 13.0 Å². The molecule has 2 N–H and O–H groups in total. The van der Waals surface area contributed by atoms with E-state index in [2.05, 4.69) is 42.5 Å². The summed E-state index contributed by atoms with van der Waals surface area (Å²) in [5.74, 6) is 0.00792. The Hall–Kier alpha value is -0.390. The predicted molar refractivity (Wildman–Crippen MR) is 73.6 cm³/mol. The number of anilines is 1. The van der Waals surface area contributed by atoms with Gasteiger partial charge in [0, 0.05) is 21.9 Å². The first kappa shape index (κ1) is 13.7. The Morgan fingerprint density at radius 1 is 1.31 bits per heavy atom. The van der Waals surface area contributed by atoms with Crippen LogP contribution in [0.4, 0.5) is 5.69 Å². The molecule has 1 amide bonds. The monoisotopic (exact) mass is 348 g/mol. The number of amides is 1. The van der Waals surface area contributed by atoms with E-state index in [9.17, 15) is 4.79 Å². The van der Waals surface area contributed by atoms with Crippen LogP contribution in [0.2, 0.25) is 0 Å². The fraction of sp³-hybridized carbons (Fsp3) is 0.364. The summed E-state index contributed by atoms with van der Waals surface area (Å²) >= 11 is 6.79. The zero-order chi connectivity index (χ0) is 12.0. The third kappa shape index (κ3) is 4.23. The highest BCUT2D eigenvalue weighted by Crippen LogP contribution is 2.30. The van der Waals surface area contributed by atoms with Crippen LogP contribution in [0.3, 0.4) is 0 Å². The van der Waals surface area contributed by atoms with E-state index < -0.39 is 0 Å². The molecule has 0 radical (unpaired) electrons. The number of para-hydroxylation sites is 1. The van der Waals surface area contributed by atoms with E-state index in [0.717, 1.165) is 21.2 Å². The minimum Gasteiger partial charge on any atom is -0.324 e. The first-order chi connectivity index (χ1) is 7.65. The molecule has 0 atom stereocenters. The highest BCUT2D eigenvalue weighted by molar-refractivity contribution is 9.11. The summed E-state index contributed by atoms with van der Waals surface area (Å²) in [6.45, 7) is 3.60. The molecule has 0 unspecified atom stereocenters. The molecular formula is C11H14Br2N2O. The molecule has 0 aromatic heterocycles. The molecule has 0 aliphatic heterocycles. The average molecular weight is 350 g/mol. The minimum absolute atomic E-state index is 0.00792. The molecule has 1 aromatic carbocycles. The summed E-state index contributed by atoms with van der Waals surface area (Å²) in [7, 11) is 0. The Morgan fingerprint density at radius 3 is 2.50 bits per heavy atom. The lowest BCUT2D eigenvalue weighted by molar-refractivity contribution is -0.116. The van der Waals surface area contributed by atoms with Crippen LogP contribution in [0.25, 0.3) is 0 Å². The largest absolute Gasteiger partial charge is 0.324 e. The predicted octanol–water partition coefficient (Wildman–Crippen LogP) is 3.15. The van der Waals surface area contributed by atoms with Gasteiger partial charge in [-0.3, -0.25) is 4.79 Å². The van der Waals surface area contributed by atoms with Crippen molar-refractivity contribution < 1.29 is 4.79 Å². The number of carbonyl (C=O) groups is 1. The van der Waals surface area contributed by atoms with Crippen LogP contribution < -0.4 is 10.6 Å². The second kappa shape index (κ2) is 7.04. The first-order valence-electron chi connectivity index (χ1n) is 5.09. The molecule has 5 heteroatoms. The molecule has 0 spiro atoms. The highest BCUT2D eigenvalue weighted by Gasteiger charge is 2.08. The van der Waals surface area contributed by atoms with Crippen molar-refractivity contribution in [3.05, 3.63) is 27.1 Å². The van der Waals surface area contributed by atoms with Gasteiger partial charge in [-0.25, -0.2) is 0 Å².